The van der Waals surface area contributed by atoms with Crippen molar-refractivity contribution in [1.29, 1.82) is 0 Å². The minimum atomic E-state index is -1.34. The van der Waals surface area contributed by atoms with Crippen LogP contribution in [0.3, 0.4) is 0 Å². The molecule has 0 saturated heterocycles. The van der Waals surface area contributed by atoms with Gasteiger partial charge < -0.3 is 0 Å². The molecule has 0 N–H and O–H groups in total. The zero-order valence-electron chi connectivity index (χ0n) is 6.08. The van der Waals surface area contributed by atoms with E-state index in [0.717, 1.165) is 5.20 Å². The zero-order chi connectivity index (χ0) is 7.49. The fourth-order valence-corrected chi connectivity index (χ4v) is 1.98. The molecule has 0 spiro atoms. The van der Waals surface area contributed by atoms with E-state index in [-0.39, 0.29) is 0 Å². The second-order valence-corrected chi connectivity index (χ2v) is 7.49. The van der Waals surface area contributed by atoms with Crippen molar-refractivity contribution in [3.63, 3.8) is 0 Å². The van der Waals surface area contributed by atoms with Crippen LogP contribution >= 0.6 is 11.6 Å². The number of allylic oxidation sites excluding steroid dienone is 1. The van der Waals surface area contributed by atoms with E-state index in [4.69, 9.17) is 11.6 Å². The van der Waals surface area contributed by atoms with E-state index in [2.05, 4.69) is 26.3 Å². The van der Waals surface area contributed by atoms with Crippen LogP contribution in [0.15, 0.2) is 24.1 Å². The fourth-order valence-electron chi connectivity index (χ4n) is 0.317. The number of hydrogen-bond acceptors (Lipinski definition) is 0. The van der Waals surface area contributed by atoms with Crippen molar-refractivity contribution >= 4 is 19.7 Å². The van der Waals surface area contributed by atoms with Crippen molar-refractivity contribution in [2.24, 2.45) is 0 Å². The maximum Gasteiger partial charge on any atom is 0.0992 e. The van der Waals surface area contributed by atoms with Crippen molar-refractivity contribution in [2.45, 2.75) is 13.1 Å². The summed E-state index contributed by atoms with van der Waals surface area (Å²) in [4.78, 5) is 0. The maximum absolute atomic E-state index is 5.60. The number of hydrogen-bond donors (Lipinski definition) is 0. The van der Waals surface area contributed by atoms with Gasteiger partial charge in [-0.2, -0.15) is 0 Å². The molecule has 0 atom stereocenters. The predicted molar refractivity (Wildman–Crippen MR) is 47.5 cm³/mol. The van der Waals surface area contributed by atoms with Crippen LogP contribution in [-0.4, -0.2) is 14.0 Å². The van der Waals surface area contributed by atoms with Gasteiger partial charge in [0.15, 0.2) is 0 Å². The highest BCUT2D eigenvalue weighted by atomic mass is 35.5. The third-order valence-corrected chi connectivity index (χ3v) is 5.15. The Bertz CT molecular complexity index is 127. The molecular formula is C7H13ClSi. The van der Waals surface area contributed by atoms with Gasteiger partial charge in [0.05, 0.1) is 8.07 Å². The highest BCUT2D eigenvalue weighted by molar-refractivity contribution is 6.89. The number of alkyl halides is 1. The molecule has 0 fully saturated rings. The van der Waals surface area contributed by atoms with Crippen LogP contribution in [-0.2, 0) is 0 Å². The molecule has 0 radical (unpaired) electrons. The van der Waals surface area contributed by atoms with Crippen LogP contribution in [0, 0.1) is 0 Å². The van der Waals surface area contributed by atoms with Gasteiger partial charge in [-0.3, -0.25) is 0 Å². The lowest BCUT2D eigenvalue weighted by molar-refractivity contribution is 1.60. The first-order valence-corrected chi connectivity index (χ1v) is 6.53. The highest BCUT2D eigenvalue weighted by Gasteiger charge is 2.18. The van der Waals surface area contributed by atoms with Gasteiger partial charge in [-0.15, -0.1) is 24.8 Å². The summed E-state index contributed by atoms with van der Waals surface area (Å²) >= 11 is 5.60. The topological polar surface area (TPSA) is 0 Å². The Kier molecular flexibility index (Phi) is 3.23. The number of halogens is 1. The Morgan fingerprint density at radius 3 is 2.22 bits per heavy atom. The Morgan fingerprint density at radius 1 is 1.67 bits per heavy atom. The molecule has 0 unspecified atom stereocenters. The Balaban J connectivity index is 4.14. The van der Waals surface area contributed by atoms with Gasteiger partial charge in [-0.1, -0.05) is 24.0 Å². The van der Waals surface area contributed by atoms with E-state index in [9.17, 15) is 0 Å². The van der Waals surface area contributed by atoms with E-state index in [1.807, 2.05) is 5.70 Å². The minimum Gasteiger partial charge on any atom is -0.122 e. The van der Waals surface area contributed by atoms with Crippen LogP contribution < -0.4 is 0 Å². The van der Waals surface area contributed by atoms with Crippen molar-refractivity contribution in [3.8, 4) is 0 Å². The van der Waals surface area contributed by atoms with Gasteiger partial charge in [0, 0.05) is 5.88 Å². The van der Waals surface area contributed by atoms with Gasteiger partial charge in [0.1, 0.15) is 0 Å². The molecule has 0 amide bonds. The summed E-state index contributed by atoms with van der Waals surface area (Å²) in [6, 6.07) is 0. The second-order valence-electron chi connectivity index (χ2n) is 2.66. The van der Waals surface area contributed by atoms with E-state index < -0.39 is 8.07 Å². The molecule has 0 bridgehead atoms. The average Bonchev–Trinajstić information content (AvgIpc) is 1.86. The standard InChI is InChI=1S/C7H13ClSi/c1-5-9(3,4)7(2)6-8/h5H,1-2,6H2,3-4H3. The molecule has 0 aliphatic rings. The van der Waals surface area contributed by atoms with Crippen molar-refractivity contribution in [3.05, 3.63) is 24.1 Å². The first kappa shape index (κ1) is 8.99. The summed E-state index contributed by atoms with van der Waals surface area (Å²) in [7, 11) is -1.34. The molecule has 9 heavy (non-hydrogen) atoms. The summed E-state index contributed by atoms with van der Waals surface area (Å²) in [6.07, 6.45) is 0. The first-order chi connectivity index (χ1) is 4.04. The summed E-state index contributed by atoms with van der Waals surface area (Å²) in [5.74, 6) is 0.575. The molecule has 0 nitrogen and oxygen atoms in total. The van der Waals surface area contributed by atoms with Crippen LogP contribution in [0.4, 0.5) is 0 Å². The third-order valence-electron chi connectivity index (χ3n) is 1.58. The lowest BCUT2D eigenvalue weighted by atomic mass is 10.7. The van der Waals surface area contributed by atoms with E-state index in [1.165, 1.54) is 0 Å². The molecule has 0 aromatic rings. The number of rotatable bonds is 3. The monoisotopic (exact) mass is 160 g/mol. The van der Waals surface area contributed by atoms with Gasteiger partial charge in [-0.05, 0) is 0 Å². The minimum absolute atomic E-state index is 0.575. The molecule has 0 saturated carbocycles. The lowest BCUT2D eigenvalue weighted by Crippen LogP contribution is -2.26. The van der Waals surface area contributed by atoms with Crippen LogP contribution in [0.25, 0.3) is 0 Å². The van der Waals surface area contributed by atoms with E-state index >= 15 is 0 Å². The van der Waals surface area contributed by atoms with Gasteiger partial charge in [0.25, 0.3) is 0 Å². The molecule has 0 heterocycles. The normalized spacial score (nSPS) is 11.0. The largest absolute Gasteiger partial charge is 0.122 e. The molecule has 52 valence electrons. The first-order valence-electron chi connectivity index (χ1n) is 2.92. The molecule has 0 rings (SSSR count). The Labute approximate surface area is 63.2 Å². The molecule has 0 aromatic heterocycles. The SMILES string of the molecule is C=C[Si](C)(C)C(=C)CCl. The van der Waals surface area contributed by atoms with Crippen molar-refractivity contribution < 1.29 is 0 Å². The molecule has 0 aliphatic carbocycles. The predicted octanol–water partition coefficient (Wildman–Crippen LogP) is 2.75. The van der Waals surface area contributed by atoms with Crippen LogP contribution in [0.5, 0.6) is 0 Å². The smallest absolute Gasteiger partial charge is 0.0992 e. The fraction of sp³-hybridized carbons (Fsp3) is 0.429. The quantitative estimate of drug-likeness (QED) is 0.440. The van der Waals surface area contributed by atoms with Crippen molar-refractivity contribution in [1.82, 2.24) is 0 Å². The average molecular weight is 161 g/mol. The van der Waals surface area contributed by atoms with Crippen LogP contribution in [0.2, 0.25) is 13.1 Å². The summed E-state index contributed by atoms with van der Waals surface area (Å²) in [5, 5.41) is 1.15. The van der Waals surface area contributed by atoms with Gasteiger partial charge in [-0.25, -0.2) is 0 Å². The Morgan fingerprint density at radius 2 is 2.11 bits per heavy atom. The lowest BCUT2D eigenvalue weighted by Gasteiger charge is -2.17. The molecular weight excluding hydrogens is 148 g/mol. The highest BCUT2D eigenvalue weighted by Crippen LogP contribution is 2.14. The molecule has 0 aliphatic heterocycles. The summed E-state index contributed by atoms with van der Waals surface area (Å²) in [5.41, 5.74) is 2.00. The second kappa shape index (κ2) is 3.23. The van der Waals surface area contributed by atoms with Crippen molar-refractivity contribution in [2.75, 3.05) is 5.88 Å². The van der Waals surface area contributed by atoms with E-state index in [0.29, 0.717) is 5.88 Å². The molecule has 2 heteroatoms. The summed E-state index contributed by atoms with van der Waals surface area (Å²) < 4.78 is 0. The summed E-state index contributed by atoms with van der Waals surface area (Å²) in [6.45, 7) is 12.0. The van der Waals surface area contributed by atoms with E-state index in [1.54, 1.807) is 0 Å². The van der Waals surface area contributed by atoms with Crippen LogP contribution in [0.1, 0.15) is 0 Å². The maximum atomic E-state index is 5.60. The third kappa shape index (κ3) is 2.37. The molecule has 0 aromatic carbocycles. The zero-order valence-corrected chi connectivity index (χ0v) is 7.83. The Hall–Kier alpha value is -0.0131. The van der Waals surface area contributed by atoms with Gasteiger partial charge in [0.2, 0.25) is 0 Å². The van der Waals surface area contributed by atoms with Gasteiger partial charge >= 0.3 is 0 Å².